The highest BCUT2D eigenvalue weighted by Gasteiger charge is 2.29. The molecule has 0 spiro atoms. The van der Waals surface area contributed by atoms with Crippen LogP contribution in [-0.2, 0) is 12.6 Å². The highest BCUT2D eigenvalue weighted by molar-refractivity contribution is 5.91. The zero-order chi connectivity index (χ0) is 19.2. The molecule has 0 bridgehead atoms. The Bertz CT molecular complexity index is 746. The quantitative estimate of drug-likeness (QED) is 0.464. The number of ether oxygens (including phenoxy) is 1. The van der Waals surface area contributed by atoms with Gasteiger partial charge in [-0.25, -0.2) is 0 Å². The van der Waals surface area contributed by atoms with E-state index in [1.165, 1.54) is 37.6 Å². The van der Waals surface area contributed by atoms with E-state index in [2.05, 4.69) is 5.32 Å². The number of halogens is 3. The average molecular weight is 368 g/mol. The third-order valence-electron chi connectivity index (χ3n) is 3.82. The number of hydrogen-bond acceptors (Lipinski definition) is 3. The minimum absolute atomic E-state index is 0.0629. The van der Waals surface area contributed by atoms with Gasteiger partial charge in [-0.05, 0) is 37.0 Å². The molecule has 0 aliphatic carbocycles. The minimum atomic E-state index is -4.33. The number of hydrogen-bond donors (Lipinski definition) is 1. The predicted octanol–water partition coefficient (Wildman–Crippen LogP) is 3.10. The number of aromatic nitrogens is 1. The number of pyridine rings is 1. The van der Waals surface area contributed by atoms with E-state index in [9.17, 15) is 23.2 Å². The Morgan fingerprint density at radius 1 is 1.19 bits per heavy atom. The molecule has 2 rings (SSSR count). The second-order valence-electron chi connectivity index (χ2n) is 5.69. The molecule has 8 heteroatoms. The smallest absolute Gasteiger partial charge is 0.416 e. The van der Waals surface area contributed by atoms with Gasteiger partial charge in [0.2, 0.25) is 0 Å². The minimum Gasteiger partial charge on any atom is -0.618 e. The summed E-state index contributed by atoms with van der Waals surface area (Å²) in [6, 6.07) is 7.84. The molecule has 5 nitrogen and oxygen atoms in total. The highest BCUT2D eigenvalue weighted by Crippen LogP contribution is 2.29. The number of nitrogens with zero attached hydrogens (tertiary/aromatic N) is 1. The van der Waals surface area contributed by atoms with Crippen LogP contribution < -0.4 is 14.8 Å². The number of unbranched alkanes of at least 4 members (excludes halogenated alkanes) is 1. The molecule has 0 unspecified atom stereocenters. The number of rotatable bonds is 7. The zero-order valence-corrected chi connectivity index (χ0v) is 14.2. The first-order valence-corrected chi connectivity index (χ1v) is 8.03. The van der Waals surface area contributed by atoms with Crippen molar-refractivity contribution in [2.24, 2.45) is 0 Å². The van der Waals surface area contributed by atoms with Gasteiger partial charge in [0, 0.05) is 12.6 Å². The first kappa shape index (κ1) is 19.6. The Labute approximate surface area is 149 Å². The van der Waals surface area contributed by atoms with Crippen molar-refractivity contribution in [1.29, 1.82) is 0 Å². The van der Waals surface area contributed by atoms with Crippen molar-refractivity contribution in [3.8, 4) is 5.75 Å². The van der Waals surface area contributed by atoms with Crippen molar-refractivity contribution in [3.63, 3.8) is 0 Å². The molecule has 1 N–H and O–H groups in total. The fourth-order valence-corrected chi connectivity index (χ4v) is 2.37. The Morgan fingerprint density at radius 2 is 1.88 bits per heavy atom. The number of methoxy groups -OCH3 is 1. The average Bonchev–Trinajstić information content (AvgIpc) is 2.61. The van der Waals surface area contributed by atoms with E-state index < -0.39 is 17.6 Å². The molecule has 1 heterocycles. The Morgan fingerprint density at radius 3 is 2.50 bits per heavy atom. The van der Waals surface area contributed by atoms with Gasteiger partial charge in [-0.15, -0.1) is 0 Å². The van der Waals surface area contributed by atoms with E-state index in [1.54, 1.807) is 0 Å². The van der Waals surface area contributed by atoms with Crippen LogP contribution in [0.3, 0.4) is 0 Å². The first-order valence-electron chi connectivity index (χ1n) is 8.03. The highest BCUT2D eigenvalue weighted by atomic mass is 19.4. The second kappa shape index (κ2) is 8.55. The largest absolute Gasteiger partial charge is 0.618 e. The van der Waals surface area contributed by atoms with Gasteiger partial charge in [-0.1, -0.05) is 12.1 Å². The van der Waals surface area contributed by atoms with Crippen LogP contribution in [0.25, 0.3) is 0 Å². The molecule has 0 saturated heterocycles. The van der Waals surface area contributed by atoms with Gasteiger partial charge in [0.15, 0.2) is 6.20 Å². The molecule has 1 aromatic carbocycles. The fourth-order valence-electron chi connectivity index (χ4n) is 2.37. The van der Waals surface area contributed by atoms with Gasteiger partial charge >= 0.3 is 12.1 Å². The lowest BCUT2D eigenvalue weighted by atomic mass is 10.1. The number of nitrogens with one attached hydrogen (secondary N) is 1. The molecule has 0 aliphatic rings. The molecular weight excluding hydrogens is 349 g/mol. The van der Waals surface area contributed by atoms with Gasteiger partial charge in [-0.3, -0.25) is 4.79 Å². The van der Waals surface area contributed by atoms with E-state index in [1.807, 2.05) is 0 Å². The van der Waals surface area contributed by atoms with Crippen LogP contribution in [0.15, 0.2) is 42.6 Å². The normalized spacial score (nSPS) is 11.2. The SMILES string of the molecule is COc1cc[n+]([O-])c(C(=O)NCCCCc2ccc(C(F)(F)F)cc2)c1. The molecule has 140 valence electrons. The van der Waals surface area contributed by atoms with Crippen LogP contribution >= 0.6 is 0 Å². The lowest BCUT2D eigenvalue weighted by Crippen LogP contribution is -2.39. The van der Waals surface area contributed by atoms with E-state index in [-0.39, 0.29) is 5.69 Å². The summed E-state index contributed by atoms with van der Waals surface area (Å²) in [5.74, 6) is -0.0991. The molecule has 0 fully saturated rings. The van der Waals surface area contributed by atoms with Crippen LogP contribution in [-0.4, -0.2) is 19.6 Å². The van der Waals surface area contributed by atoms with E-state index in [4.69, 9.17) is 4.74 Å². The van der Waals surface area contributed by atoms with Crippen molar-refractivity contribution in [2.45, 2.75) is 25.4 Å². The standard InChI is InChI=1S/C18H19F3N2O3/c1-26-15-9-11-23(25)16(12-15)17(24)22-10-3-2-4-13-5-7-14(8-6-13)18(19,20)21/h5-9,11-12H,2-4,10H2,1H3,(H,22,24). The number of carbonyl (C=O) groups excluding carboxylic acids is 1. The maximum Gasteiger partial charge on any atom is 0.416 e. The van der Waals surface area contributed by atoms with Crippen molar-refractivity contribution >= 4 is 5.91 Å². The predicted molar refractivity (Wildman–Crippen MR) is 88.7 cm³/mol. The summed E-state index contributed by atoms with van der Waals surface area (Å²) in [5, 5.41) is 14.3. The van der Waals surface area contributed by atoms with E-state index >= 15 is 0 Å². The topological polar surface area (TPSA) is 65.3 Å². The van der Waals surface area contributed by atoms with E-state index in [0.29, 0.717) is 36.3 Å². The van der Waals surface area contributed by atoms with Gasteiger partial charge in [-0.2, -0.15) is 17.9 Å². The molecule has 0 aliphatic heterocycles. The van der Waals surface area contributed by atoms with Gasteiger partial charge in [0.25, 0.3) is 5.69 Å². The number of aryl methyl sites for hydroxylation is 1. The Kier molecular flexibility index (Phi) is 6.43. The zero-order valence-electron chi connectivity index (χ0n) is 14.2. The van der Waals surface area contributed by atoms with Crippen LogP contribution in [0, 0.1) is 5.21 Å². The van der Waals surface area contributed by atoms with Crippen molar-refractivity contribution in [3.05, 3.63) is 64.6 Å². The maximum atomic E-state index is 12.5. The van der Waals surface area contributed by atoms with Crippen molar-refractivity contribution in [1.82, 2.24) is 5.32 Å². The van der Waals surface area contributed by atoms with E-state index in [0.717, 1.165) is 17.7 Å². The summed E-state index contributed by atoms with van der Waals surface area (Å²) in [7, 11) is 1.44. The second-order valence-corrected chi connectivity index (χ2v) is 5.69. The number of benzene rings is 1. The Hall–Kier alpha value is -2.77. The monoisotopic (exact) mass is 368 g/mol. The summed E-state index contributed by atoms with van der Waals surface area (Å²) in [5.41, 5.74) is 0.0688. The van der Waals surface area contributed by atoms with Crippen molar-refractivity contribution < 1.29 is 27.4 Å². The number of alkyl halides is 3. The van der Waals surface area contributed by atoms with Crippen LogP contribution in [0.2, 0.25) is 0 Å². The third kappa shape index (κ3) is 5.37. The summed E-state index contributed by atoms with van der Waals surface area (Å²) in [6.45, 7) is 0.358. The lowest BCUT2D eigenvalue weighted by molar-refractivity contribution is -0.607. The number of amides is 1. The van der Waals surface area contributed by atoms with Crippen LogP contribution in [0.1, 0.15) is 34.5 Å². The van der Waals surface area contributed by atoms with Gasteiger partial charge < -0.3 is 15.3 Å². The maximum absolute atomic E-state index is 12.5. The van der Waals surface area contributed by atoms with Crippen molar-refractivity contribution in [2.75, 3.05) is 13.7 Å². The summed E-state index contributed by atoms with van der Waals surface area (Å²) < 4.78 is 42.9. The molecule has 0 radical (unpaired) electrons. The molecule has 1 amide bonds. The molecule has 1 aromatic heterocycles. The molecule has 26 heavy (non-hydrogen) atoms. The fraction of sp³-hybridized carbons (Fsp3) is 0.333. The molecule has 0 atom stereocenters. The summed E-state index contributed by atoms with van der Waals surface area (Å²) in [4.78, 5) is 12.0. The molecular formula is C18H19F3N2O3. The third-order valence-corrected chi connectivity index (χ3v) is 3.82. The summed E-state index contributed by atoms with van der Waals surface area (Å²) >= 11 is 0. The molecule has 0 saturated carbocycles. The molecule has 2 aromatic rings. The van der Waals surface area contributed by atoms with Crippen LogP contribution in [0.5, 0.6) is 5.75 Å². The first-order chi connectivity index (χ1) is 12.3. The summed E-state index contributed by atoms with van der Waals surface area (Å²) in [6.07, 6.45) is -1.20. The van der Waals surface area contributed by atoms with Crippen LogP contribution in [0.4, 0.5) is 13.2 Å². The van der Waals surface area contributed by atoms with Gasteiger partial charge in [0.1, 0.15) is 5.75 Å². The Balaban J connectivity index is 1.76. The number of carbonyl (C=O) groups is 1. The lowest BCUT2D eigenvalue weighted by Gasteiger charge is -2.08. The van der Waals surface area contributed by atoms with Gasteiger partial charge in [0.05, 0.1) is 18.7 Å².